The van der Waals surface area contributed by atoms with E-state index in [0.29, 0.717) is 26.4 Å². The van der Waals surface area contributed by atoms with Crippen LogP contribution in [-0.2, 0) is 14.3 Å². The molecule has 2 N–H and O–H groups in total. The average molecular weight is 257 g/mol. The predicted molar refractivity (Wildman–Crippen MR) is 67.5 cm³/mol. The van der Waals surface area contributed by atoms with Crippen LogP contribution in [0.1, 0.15) is 6.92 Å². The van der Waals surface area contributed by atoms with E-state index in [1.165, 1.54) is 0 Å². The lowest BCUT2D eigenvalue weighted by atomic mass is 10.2. The first-order chi connectivity index (χ1) is 8.79. The van der Waals surface area contributed by atoms with Crippen LogP contribution in [0.2, 0.25) is 0 Å². The number of piperazine rings is 1. The summed E-state index contributed by atoms with van der Waals surface area (Å²) in [6, 6.07) is 0.000338. The first kappa shape index (κ1) is 13.7. The molecule has 2 atom stereocenters. The molecule has 18 heavy (non-hydrogen) atoms. The van der Waals surface area contributed by atoms with E-state index in [1.54, 1.807) is 0 Å². The minimum atomic E-state index is 0.000338. The van der Waals surface area contributed by atoms with Crippen LogP contribution in [0.15, 0.2) is 0 Å². The van der Waals surface area contributed by atoms with Gasteiger partial charge >= 0.3 is 0 Å². The van der Waals surface area contributed by atoms with Gasteiger partial charge in [0.1, 0.15) is 6.10 Å². The zero-order valence-corrected chi connectivity index (χ0v) is 11.0. The molecule has 0 spiro atoms. The topological polar surface area (TPSA) is 62.8 Å². The van der Waals surface area contributed by atoms with Crippen molar-refractivity contribution >= 4 is 5.91 Å². The van der Waals surface area contributed by atoms with E-state index in [4.69, 9.17) is 9.47 Å². The van der Waals surface area contributed by atoms with Crippen molar-refractivity contribution in [3.8, 4) is 0 Å². The maximum atomic E-state index is 11.9. The highest BCUT2D eigenvalue weighted by Crippen LogP contribution is 2.09. The van der Waals surface area contributed by atoms with Gasteiger partial charge in [0, 0.05) is 32.8 Å². The summed E-state index contributed by atoms with van der Waals surface area (Å²) < 4.78 is 10.9. The number of rotatable bonds is 5. The third-order valence-corrected chi connectivity index (χ3v) is 3.33. The summed E-state index contributed by atoms with van der Waals surface area (Å²) in [4.78, 5) is 14.1. The molecular weight excluding hydrogens is 234 g/mol. The Morgan fingerprint density at radius 3 is 2.94 bits per heavy atom. The molecule has 0 unspecified atom stereocenters. The van der Waals surface area contributed by atoms with E-state index in [1.807, 2.05) is 6.92 Å². The van der Waals surface area contributed by atoms with Gasteiger partial charge in [0.05, 0.1) is 25.8 Å². The van der Waals surface area contributed by atoms with Gasteiger partial charge in [0.15, 0.2) is 0 Å². The molecule has 6 nitrogen and oxygen atoms in total. The van der Waals surface area contributed by atoms with Gasteiger partial charge in [0.2, 0.25) is 5.91 Å². The second kappa shape index (κ2) is 7.04. The van der Waals surface area contributed by atoms with Crippen molar-refractivity contribution in [2.75, 3.05) is 52.5 Å². The summed E-state index contributed by atoms with van der Waals surface area (Å²) in [6.45, 7) is 7.99. The molecule has 0 radical (unpaired) electrons. The van der Waals surface area contributed by atoms with Crippen LogP contribution in [0.25, 0.3) is 0 Å². The summed E-state index contributed by atoms with van der Waals surface area (Å²) >= 11 is 0. The van der Waals surface area contributed by atoms with E-state index in [2.05, 4.69) is 15.5 Å². The van der Waals surface area contributed by atoms with Crippen molar-refractivity contribution in [3.05, 3.63) is 0 Å². The van der Waals surface area contributed by atoms with Gasteiger partial charge in [-0.1, -0.05) is 0 Å². The molecule has 2 aliphatic heterocycles. The molecule has 0 bridgehead atoms. The normalized spacial score (nSPS) is 29.4. The first-order valence-electron chi connectivity index (χ1n) is 6.71. The summed E-state index contributed by atoms with van der Waals surface area (Å²) in [7, 11) is 0. The molecular formula is C12H23N3O3. The van der Waals surface area contributed by atoms with Gasteiger partial charge in [-0.15, -0.1) is 0 Å². The maximum absolute atomic E-state index is 11.9. The minimum Gasteiger partial charge on any atom is -0.376 e. The second-order valence-corrected chi connectivity index (χ2v) is 4.73. The van der Waals surface area contributed by atoms with Gasteiger partial charge in [-0.25, -0.2) is 0 Å². The number of amides is 1. The molecule has 104 valence electrons. The van der Waals surface area contributed by atoms with Crippen LogP contribution < -0.4 is 10.6 Å². The van der Waals surface area contributed by atoms with Crippen LogP contribution in [0.5, 0.6) is 0 Å². The lowest BCUT2D eigenvalue weighted by molar-refractivity contribution is -0.123. The number of nitrogens with zero attached hydrogens (tertiary/aromatic N) is 1. The molecule has 2 heterocycles. The Morgan fingerprint density at radius 1 is 1.44 bits per heavy atom. The monoisotopic (exact) mass is 257 g/mol. The van der Waals surface area contributed by atoms with Crippen LogP contribution in [0.3, 0.4) is 0 Å². The summed E-state index contributed by atoms with van der Waals surface area (Å²) in [5.41, 5.74) is 0. The van der Waals surface area contributed by atoms with E-state index < -0.39 is 0 Å². The van der Waals surface area contributed by atoms with Gasteiger partial charge in [-0.05, 0) is 6.92 Å². The van der Waals surface area contributed by atoms with Gasteiger partial charge in [-0.2, -0.15) is 0 Å². The van der Waals surface area contributed by atoms with E-state index in [-0.39, 0.29) is 18.1 Å². The van der Waals surface area contributed by atoms with Crippen LogP contribution >= 0.6 is 0 Å². The third kappa shape index (κ3) is 3.91. The average Bonchev–Trinajstić information content (AvgIpc) is 2.78. The Morgan fingerprint density at radius 2 is 2.22 bits per heavy atom. The van der Waals surface area contributed by atoms with E-state index >= 15 is 0 Å². The first-order valence-corrected chi connectivity index (χ1v) is 6.71. The fourth-order valence-corrected chi connectivity index (χ4v) is 2.37. The molecule has 0 aliphatic carbocycles. The zero-order valence-electron chi connectivity index (χ0n) is 11.0. The molecule has 2 fully saturated rings. The van der Waals surface area contributed by atoms with Crippen molar-refractivity contribution in [2.24, 2.45) is 0 Å². The number of ether oxygens (including phenoxy) is 2. The number of carbonyl (C=O) groups excluding carboxylic acids is 1. The largest absolute Gasteiger partial charge is 0.376 e. The highest BCUT2D eigenvalue weighted by atomic mass is 16.5. The SMILES string of the molecule is CCO[C@H]1COC[C@@H]1NC(=O)CN1CCNCC1. The Bertz CT molecular complexity index is 269. The minimum absolute atomic E-state index is 0.000338. The van der Waals surface area contributed by atoms with Crippen LogP contribution in [-0.4, -0.2) is 75.5 Å². The van der Waals surface area contributed by atoms with Crippen molar-refractivity contribution in [1.29, 1.82) is 0 Å². The van der Waals surface area contributed by atoms with Crippen LogP contribution in [0, 0.1) is 0 Å². The third-order valence-electron chi connectivity index (χ3n) is 3.33. The van der Waals surface area contributed by atoms with Crippen molar-refractivity contribution in [3.63, 3.8) is 0 Å². The predicted octanol–water partition coefficient (Wildman–Crippen LogP) is -1.19. The van der Waals surface area contributed by atoms with Crippen LogP contribution in [0.4, 0.5) is 0 Å². The van der Waals surface area contributed by atoms with E-state index in [9.17, 15) is 4.79 Å². The quantitative estimate of drug-likeness (QED) is 0.648. The summed E-state index contributed by atoms with van der Waals surface area (Å²) in [5.74, 6) is 0.0668. The molecule has 2 aliphatic rings. The summed E-state index contributed by atoms with van der Waals surface area (Å²) in [5, 5.41) is 6.28. The maximum Gasteiger partial charge on any atom is 0.234 e. The van der Waals surface area contributed by atoms with E-state index in [0.717, 1.165) is 26.2 Å². The van der Waals surface area contributed by atoms with Crippen molar-refractivity contribution < 1.29 is 14.3 Å². The molecule has 0 aromatic rings. The van der Waals surface area contributed by atoms with Crippen molar-refractivity contribution in [1.82, 2.24) is 15.5 Å². The molecule has 2 saturated heterocycles. The molecule has 0 aromatic carbocycles. The molecule has 0 saturated carbocycles. The Kier molecular flexibility index (Phi) is 5.37. The lowest BCUT2D eigenvalue weighted by Gasteiger charge is -2.27. The van der Waals surface area contributed by atoms with Gasteiger partial charge in [0.25, 0.3) is 0 Å². The number of carbonyl (C=O) groups is 1. The molecule has 0 aromatic heterocycles. The van der Waals surface area contributed by atoms with Gasteiger partial charge in [-0.3, -0.25) is 9.69 Å². The fraction of sp³-hybridized carbons (Fsp3) is 0.917. The Labute approximate surface area is 108 Å². The second-order valence-electron chi connectivity index (χ2n) is 4.73. The Balaban J connectivity index is 1.72. The standard InChI is InChI=1S/C12H23N3O3/c1-2-18-11-9-17-8-10(11)14-12(16)7-15-5-3-13-4-6-15/h10-11,13H,2-9H2,1H3,(H,14,16)/t10-,11-/m0/s1. The molecule has 2 rings (SSSR count). The highest BCUT2D eigenvalue weighted by molar-refractivity contribution is 5.78. The zero-order chi connectivity index (χ0) is 12.8. The molecule has 1 amide bonds. The fourth-order valence-electron chi connectivity index (χ4n) is 2.37. The molecule has 6 heteroatoms. The number of hydrogen-bond donors (Lipinski definition) is 2. The van der Waals surface area contributed by atoms with Gasteiger partial charge < -0.3 is 20.1 Å². The highest BCUT2D eigenvalue weighted by Gasteiger charge is 2.30. The summed E-state index contributed by atoms with van der Waals surface area (Å²) in [6.07, 6.45) is 0.00183. The lowest BCUT2D eigenvalue weighted by Crippen LogP contribution is -2.51. The Hall–Kier alpha value is -0.690. The number of nitrogens with one attached hydrogen (secondary N) is 2. The van der Waals surface area contributed by atoms with Crippen molar-refractivity contribution in [2.45, 2.75) is 19.1 Å². The number of hydrogen-bond acceptors (Lipinski definition) is 5. The smallest absolute Gasteiger partial charge is 0.234 e.